The van der Waals surface area contributed by atoms with Gasteiger partial charge in [-0.2, -0.15) is 14.6 Å². The fourth-order valence-electron chi connectivity index (χ4n) is 3.17. The molecule has 1 aromatic carbocycles. The van der Waals surface area contributed by atoms with Crippen molar-refractivity contribution in [3.63, 3.8) is 0 Å². The lowest BCUT2D eigenvalue weighted by Gasteiger charge is -2.35. The summed E-state index contributed by atoms with van der Waals surface area (Å²) in [5.74, 6) is 1.34. The van der Waals surface area contributed by atoms with E-state index in [0.717, 1.165) is 37.0 Å². The Labute approximate surface area is 151 Å². The molecule has 0 amide bonds. The summed E-state index contributed by atoms with van der Waals surface area (Å²) in [6, 6.07) is 10.7. The fourth-order valence-corrected chi connectivity index (χ4v) is 3.17. The van der Waals surface area contributed by atoms with Gasteiger partial charge in [-0.3, -0.25) is 0 Å². The number of aromatic nitrogens is 4. The molecule has 0 radical (unpaired) electrons. The number of anilines is 3. The summed E-state index contributed by atoms with van der Waals surface area (Å²) in [6.07, 6.45) is 1.49. The van der Waals surface area contributed by atoms with Crippen LogP contribution >= 0.6 is 0 Å². The van der Waals surface area contributed by atoms with E-state index in [1.165, 1.54) is 12.0 Å². The zero-order chi connectivity index (χ0) is 17.9. The molecule has 0 aliphatic carbocycles. The van der Waals surface area contributed by atoms with E-state index in [2.05, 4.69) is 56.5 Å². The Morgan fingerprint density at radius 1 is 1.31 bits per heavy atom. The van der Waals surface area contributed by atoms with Crippen LogP contribution < -0.4 is 10.2 Å². The van der Waals surface area contributed by atoms with Crippen molar-refractivity contribution in [1.82, 2.24) is 19.6 Å². The average molecular weight is 354 g/mol. The third kappa shape index (κ3) is 3.33. The van der Waals surface area contributed by atoms with E-state index in [9.17, 15) is 0 Å². The van der Waals surface area contributed by atoms with E-state index < -0.39 is 0 Å². The molecule has 1 atom stereocenters. The molecule has 1 saturated heterocycles. The lowest BCUT2D eigenvalue weighted by Crippen LogP contribution is -2.43. The molecule has 3 heterocycles. The van der Waals surface area contributed by atoms with Crippen LogP contribution in [0.3, 0.4) is 0 Å². The molecule has 0 spiro atoms. The van der Waals surface area contributed by atoms with Crippen LogP contribution in [0.25, 0.3) is 5.78 Å². The van der Waals surface area contributed by atoms with Gasteiger partial charge in [0.2, 0.25) is 0 Å². The molecule has 0 bridgehead atoms. The fraction of sp³-hybridized carbons (Fsp3) is 0.389. The number of nitrogens with one attached hydrogen (secondary N) is 1. The third-order valence-corrected chi connectivity index (χ3v) is 4.44. The number of fused-ring (bicyclic) bond motifs is 1. The van der Waals surface area contributed by atoms with E-state index in [4.69, 9.17) is 9.47 Å². The van der Waals surface area contributed by atoms with Crippen LogP contribution in [0.2, 0.25) is 0 Å². The lowest BCUT2D eigenvalue weighted by molar-refractivity contribution is 0.0989. The summed E-state index contributed by atoms with van der Waals surface area (Å²) >= 11 is 0. The largest absolute Gasteiger partial charge is 0.378 e. The molecule has 136 valence electrons. The Morgan fingerprint density at radius 3 is 2.92 bits per heavy atom. The van der Waals surface area contributed by atoms with E-state index in [0.29, 0.717) is 18.4 Å². The number of methoxy groups -OCH3 is 1. The first-order chi connectivity index (χ1) is 12.7. The van der Waals surface area contributed by atoms with Gasteiger partial charge in [0.15, 0.2) is 0 Å². The van der Waals surface area contributed by atoms with Crippen LogP contribution in [0, 0.1) is 0 Å². The van der Waals surface area contributed by atoms with Crippen molar-refractivity contribution in [2.75, 3.05) is 37.1 Å². The van der Waals surface area contributed by atoms with E-state index in [1.54, 1.807) is 11.6 Å². The number of nitrogens with zero attached hydrogens (tertiary/aromatic N) is 5. The molecule has 4 rings (SSSR count). The summed E-state index contributed by atoms with van der Waals surface area (Å²) < 4.78 is 12.4. The average Bonchev–Trinajstić information content (AvgIpc) is 3.12. The number of rotatable bonds is 5. The molecule has 1 fully saturated rings. The second-order valence-electron chi connectivity index (χ2n) is 6.33. The molecule has 1 aliphatic rings. The van der Waals surface area contributed by atoms with E-state index >= 15 is 0 Å². The number of hydrogen-bond acceptors (Lipinski definition) is 7. The molecule has 1 unspecified atom stereocenters. The highest BCUT2D eigenvalue weighted by Gasteiger charge is 2.18. The molecule has 8 heteroatoms. The van der Waals surface area contributed by atoms with Crippen molar-refractivity contribution < 1.29 is 9.47 Å². The maximum Gasteiger partial charge on any atom is 0.254 e. The number of benzene rings is 1. The molecule has 26 heavy (non-hydrogen) atoms. The van der Waals surface area contributed by atoms with Gasteiger partial charge in [0.05, 0.1) is 25.5 Å². The molecule has 1 aliphatic heterocycles. The first-order valence-corrected chi connectivity index (χ1v) is 8.64. The van der Waals surface area contributed by atoms with Gasteiger partial charge in [-0.05, 0) is 31.2 Å². The highest BCUT2D eigenvalue weighted by Crippen LogP contribution is 2.24. The van der Waals surface area contributed by atoms with Gasteiger partial charge in [0.25, 0.3) is 5.78 Å². The monoisotopic (exact) mass is 354 g/mol. The van der Waals surface area contributed by atoms with E-state index in [1.807, 2.05) is 6.07 Å². The van der Waals surface area contributed by atoms with Crippen molar-refractivity contribution in [1.29, 1.82) is 0 Å². The van der Waals surface area contributed by atoms with Crippen LogP contribution in [0.1, 0.15) is 12.6 Å². The minimum absolute atomic E-state index is 0.383. The standard InChI is InChI=1S/C18H22N6O2/c1-13-10-26-8-7-23(13)16-5-3-14(4-6-16)21-17-9-15(11-25-2)22-18-19-12-20-24(17)18/h3-6,9,12-13,21H,7-8,10-11H2,1-2H3. The Kier molecular flexibility index (Phi) is 4.68. The Balaban J connectivity index is 1.57. The number of hydrogen-bond donors (Lipinski definition) is 1. The van der Waals surface area contributed by atoms with Gasteiger partial charge >= 0.3 is 0 Å². The minimum atomic E-state index is 0.383. The lowest BCUT2D eigenvalue weighted by atomic mass is 10.2. The van der Waals surface area contributed by atoms with Crippen LogP contribution in [-0.4, -0.2) is 52.5 Å². The molecule has 0 saturated carbocycles. The van der Waals surface area contributed by atoms with Crippen LogP contribution in [-0.2, 0) is 16.1 Å². The summed E-state index contributed by atoms with van der Waals surface area (Å²) in [7, 11) is 1.65. The molecular weight excluding hydrogens is 332 g/mol. The van der Waals surface area contributed by atoms with Gasteiger partial charge < -0.3 is 19.7 Å². The first-order valence-electron chi connectivity index (χ1n) is 8.64. The van der Waals surface area contributed by atoms with Crippen molar-refractivity contribution >= 4 is 23.0 Å². The van der Waals surface area contributed by atoms with Gasteiger partial charge in [-0.1, -0.05) is 0 Å². The zero-order valence-electron chi connectivity index (χ0n) is 14.9. The van der Waals surface area contributed by atoms with Crippen molar-refractivity contribution in [3.05, 3.63) is 42.4 Å². The van der Waals surface area contributed by atoms with Gasteiger partial charge in [0, 0.05) is 37.1 Å². The van der Waals surface area contributed by atoms with Crippen LogP contribution in [0.4, 0.5) is 17.2 Å². The Hall–Kier alpha value is -2.71. The second-order valence-corrected chi connectivity index (χ2v) is 6.33. The molecule has 8 nitrogen and oxygen atoms in total. The highest BCUT2D eigenvalue weighted by molar-refractivity contribution is 5.62. The number of ether oxygens (including phenoxy) is 2. The molecule has 3 aromatic rings. The second kappa shape index (κ2) is 7.27. The van der Waals surface area contributed by atoms with Gasteiger partial charge in [-0.25, -0.2) is 4.98 Å². The summed E-state index contributed by atoms with van der Waals surface area (Å²) in [5, 5.41) is 7.63. The topological polar surface area (TPSA) is 76.8 Å². The van der Waals surface area contributed by atoms with Crippen molar-refractivity contribution in [3.8, 4) is 0 Å². The normalized spacial score (nSPS) is 17.6. The molecular formula is C18H22N6O2. The SMILES string of the molecule is COCc1cc(Nc2ccc(N3CCOCC3C)cc2)n2ncnc2n1. The maximum atomic E-state index is 5.51. The van der Waals surface area contributed by atoms with Gasteiger partial charge in [-0.15, -0.1) is 0 Å². The highest BCUT2D eigenvalue weighted by atomic mass is 16.5. The minimum Gasteiger partial charge on any atom is -0.378 e. The third-order valence-electron chi connectivity index (χ3n) is 4.44. The van der Waals surface area contributed by atoms with Crippen molar-refractivity contribution in [2.24, 2.45) is 0 Å². The predicted octanol–water partition coefficient (Wildman–Crippen LogP) is 2.24. The van der Waals surface area contributed by atoms with Gasteiger partial charge in [0.1, 0.15) is 12.1 Å². The van der Waals surface area contributed by atoms with Crippen LogP contribution in [0.15, 0.2) is 36.7 Å². The smallest absolute Gasteiger partial charge is 0.254 e. The quantitative estimate of drug-likeness (QED) is 0.753. The Bertz CT molecular complexity index is 879. The van der Waals surface area contributed by atoms with Crippen LogP contribution in [0.5, 0.6) is 0 Å². The van der Waals surface area contributed by atoms with Crippen molar-refractivity contribution in [2.45, 2.75) is 19.6 Å². The van der Waals surface area contributed by atoms with E-state index in [-0.39, 0.29) is 0 Å². The Morgan fingerprint density at radius 2 is 2.15 bits per heavy atom. The predicted molar refractivity (Wildman–Crippen MR) is 98.8 cm³/mol. The maximum absolute atomic E-state index is 5.51. The first kappa shape index (κ1) is 16.7. The molecule has 2 aromatic heterocycles. The summed E-state index contributed by atoms with van der Waals surface area (Å²) in [6.45, 7) is 5.06. The molecule has 1 N–H and O–H groups in total. The summed E-state index contributed by atoms with van der Waals surface area (Å²) in [4.78, 5) is 11.0. The summed E-state index contributed by atoms with van der Waals surface area (Å²) in [5.41, 5.74) is 2.97. The number of morpholine rings is 1. The zero-order valence-corrected chi connectivity index (χ0v) is 14.9.